The quantitative estimate of drug-likeness (QED) is 0.643. The number of hydrogen-bond donors (Lipinski definition) is 0. The van der Waals surface area contributed by atoms with Gasteiger partial charge in [0.1, 0.15) is 11.2 Å². The lowest BCUT2D eigenvalue weighted by atomic mass is 9.85. The van der Waals surface area contributed by atoms with Crippen LogP contribution in [0.25, 0.3) is 0 Å². The summed E-state index contributed by atoms with van der Waals surface area (Å²) in [6, 6.07) is 8.22. The van der Waals surface area contributed by atoms with Crippen LogP contribution in [-0.2, 0) is 9.59 Å². The normalized spacial score (nSPS) is 16.6. The SMILES string of the molecule is C=C1N(c2c(C)cc(C)cc2C)C(=O)C(C)(C)C(=O)N1c1c(C)cc(C)cc1C. The van der Waals surface area contributed by atoms with Gasteiger partial charge in [-0.15, -0.1) is 0 Å². The van der Waals surface area contributed by atoms with Gasteiger partial charge in [0.2, 0.25) is 11.8 Å². The predicted molar refractivity (Wildman–Crippen MR) is 119 cm³/mol. The van der Waals surface area contributed by atoms with Crippen molar-refractivity contribution in [3.63, 3.8) is 0 Å². The minimum atomic E-state index is -1.20. The summed E-state index contributed by atoms with van der Waals surface area (Å²) in [6.07, 6.45) is 0. The maximum Gasteiger partial charge on any atom is 0.247 e. The van der Waals surface area contributed by atoms with Crippen molar-refractivity contribution in [2.24, 2.45) is 5.41 Å². The molecule has 1 heterocycles. The summed E-state index contributed by atoms with van der Waals surface area (Å²) in [4.78, 5) is 30.2. The Morgan fingerprint density at radius 1 is 0.655 bits per heavy atom. The van der Waals surface area contributed by atoms with Crippen molar-refractivity contribution in [1.29, 1.82) is 0 Å². The van der Waals surface area contributed by atoms with Gasteiger partial charge >= 0.3 is 0 Å². The number of carbonyl (C=O) groups excluding carboxylic acids is 2. The molecular weight excluding hydrogens is 360 g/mol. The average Bonchev–Trinajstić information content (AvgIpc) is 2.58. The molecule has 1 aliphatic heterocycles. The highest BCUT2D eigenvalue weighted by Crippen LogP contribution is 2.42. The topological polar surface area (TPSA) is 40.6 Å². The highest BCUT2D eigenvalue weighted by Gasteiger charge is 2.51. The van der Waals surface area contributed by atoms with Gasteiger partial charge in [-0.2, -0.15) is 0 Å². The van der Waals surface area contributed by atoms with Gasteiger partial charge in [-0.05, 0) is 77.6 Å². The molecule has 0 N–H and O–H groups in total. The minimum absolute atomic E-state index is 0.249. The molecule has 3 rings (SSSR count). The van der Waals surface area contributed by atoms with Crippen molar-refractivity contribution in [3.05, 3.63) is 70.0 Å². The lowest BCUT2D eigenvalue weighted by molar-refractivity contribution is -0.139. The van der Waals surface area contributed by atoms with Crippen molar-refractivity contribution >= 4 is 23.2 Å². The molecule has 0 aromatic heterocycles. The molecule has 0 unspecified atom stereocenters. The van der Waals surface area contributed by atoms with Gasteiger partial charge in [0, 0.05) is 0 Å². The summed E-state index contributed by atoms with van der Waals surface area (Å²) in [5.74, 6) is -0.119. The van der Waals surface area contributed by atoms with E-state index in [9.17, 15) is 9.59 Å². The van der Waals surface area contributed by atoms with E-state index >= 15 is 0 Å². The molecular formula is C25H30N2O2. The zero-order chi connectivity index (χ0) is 21.8. The van der Waals surface area contributed by atoms with E-state index in [-0.39, 0.29) is 11.8 Å². The lowest BCUT2D eigenvalue weighted by Gasteiger charge is -2.45. The highest BCUT2D eigenvalue weighted by molar-refractivity contribution is 6.22. The second-order valence-corrected chi connectivity index (χ2v) is 8.82. The Balaban J connectivity index is 2.28. The van der Waals surface area contributed by atoms with E-state index in [1.807, 2.05) is 41.5 Å². The van der Waals surface area contributed by atoms with Gasteiger partial charge in [0.15, 0.2) is 0 Å². The van der Waals surface area contributed by atoms with E-state index in [0.29, 0.717) is 5.82 Å². The molecule has 0 radical (unpaired) electrons. The van der Waals surface area contributed by atoms with Crippen LogP contribution < -0.4 is 9.80 Å². The molecule has 4 heteroatoms. The predicted octanol–water partition coefficient (Wildman–Crippen LogP) is 5.41. The van der Waals surface area contributed by atoms with Crippen LogP contribution in [0.15, 0.2) is 36.7 Å². The van der Waals surface area contributed by atoms with E-state index in [0.717, 1.165) is 44.8 Å². The van der Waals surface area contributed by atoms with E-state index in [1.165, 1.54) is 0 Å². The Hall–Kier alpha value is -2.88. The summed E-state index contributed by atoms with van der Waals surface area (Å²) in [5, 5.41) is 0. The first-order chi connectivity index (χ1) is 13.4. The molecule has 2 aromatic rings. The molecule has 152 valence electrons. The second kappa shape index (κ2) is 6.87. The maximum absolute atomic E-state index is 13.5. The van der Waals surface area contributed by atoms with Crippen LogP contribution in [0.3, 0.4) is 0 Å². The van der Waals surface area contributed by atoms with E-state index in [2.05, 4.69) is 30.8 Å². The molecule has 29 heavy (non-hydrogen) atoms. The molecule has 0 bridgehead atoms. The molecule has 0 atom stereocenters. The fraction of sp³-hybridized carbons (Fsp3) is 0.360. The van der Waals surface area contributed by atoms with Gasteiger partial charge in [-0.1, -0.05) is 42.0 Å². The number of hydrogen-bond acceptors (Lipinski definition) is 2. The largest absolute Gasteiger partial charge is 0.273 e. The second-order valence-electron chi connectivity index (χ2n) is 8.82. The molecule has 1 fully saturated rings. The third-order valence-electron chi connectivity index (χ3n) is 5.71. The monoisotopic (exact) mass is 390 g/mol. The van der Waals surface area contributed by atoms with Crippen molar-refractivity contribution in [1.82, 2.24) is 0 Å². The third kappa shape index (κ3) is 3.17. The summed E-state index contributed by atoms with van der Waals surface area (Å²) < 4.78 is 0. The van der Waals surface area contributed by atoms with Crippen LogP contribution in [0.4, 0.5) is 11.4 Å². The first-order valence-corrected chi connectivity index (χ1v) is 9.91. The van der Waals surface area contributed by atoms with Crippen LogP contribution in [0.5, 0.6) is 0 Å². The number of rotatable bonds is 2. The van der Waals surface area contributed by atoms with Crippen molar-refractivity contribution in [2.45, 2.75) is 55.4 Å². The summed E-state index contributed by atoms with van der Waals surface area (Å²) in [7, 11) is 0. The van der Waals surface area contributed by atoms with Crippen molar-refractivity contribution in [3.8, 4) is 0 Å². The molecule has 2 aromatic carbocycles. The summed E-state index contributed by atoms with van der Waals surface area (Å²) in [6.45, 7) is 19.7. The smallest absolute Gasteiger partial charge is 0.247 e. The van der Waals surface area contributed by atoms with Gasteiger partial charge in [0.25, 0.3) is 0 Å². The first-order valence-electron chi connectivity index (χ1n) is 9.91. The van der Waals surface area contributed by atoms with Gasteiger partial charge in [0.05, 0.1) is 11.4 Å². The standard InChI is InChI=1S/C25H30N2O2/c1-14-10-16(3)21(17(4)11-14)26-20(7)27(24(29)25(8,9)23(26)28)22-18(5)12-15(2)13-19(22)6/h10-13H,7H2,1-6,8-9H3. The van der Waals surface area contributed by atoms with Crippen LogP contribution in [0.1, 0.15) is 47.2 Å². The highest BCUT2D eigenvalue weighted by atomic mass is 16.2. The van der Waals surface area contributed by atoms with Gasteiger partial charge < -0.3 is 0 Å². The minimum Gasteiger partial charge on any atom is -0.273 e. The zero-order valence-corrected chi connectivity index (χ0v) is 18.7. The summed E-state index contributed by atoms with van der Waals surface area (Å²) >= 11 is 0. The summed E-state index contributed by atoms with van der Waals surface area (Å²) in [5.41, 5.74) is 6.62. The number of nitrogens with zero attached hydrogens (tertiary/aromatic N) is 2. The Morgan fingerprint density at radius 3 is 1.21 bits per heavy atom. The van der Waals surface area contributed by atoms with E-state index in [4.69, 9.17) is 0 Å². The number of benzene rings is 2. The molecule has 0 saturated carbocycles. The van der Waals surface area contributed by atoms with E-state index < -0.39 is 5.41 Å². The van der Waals surface area contributed by atoms with Crippen molar-refractivity contribution < 1.29 is 9.59 Å². The third-order valence-corrected chi connectivity index (χ3v) is 5.71. The van der Waals surface area contributed by atoms with E-state index in [1.54, 1.807) is 23.6 Å². The fourth-order valence-electron chi connectivity index (χ4n) is 4.50. The van der Waals surface area contributed by atoms with Crippen molar-refractivity contribution in [2.75, 3.05) is 9.80 Å². The number of carbonyl (C=O) groups is 2. The molecule has 1 saturated heterocycles. The number of anilines is 2. The Morgan fingerprint density at radius 2 is 0.931 bits per heavy atom. The molecule has 1 aliphatic rings. The average molecular weight is 391 g/mol. The van der Waals surface area contributed by atoms with Crippen LogP contribution in [0, 0.1) is 47.0 Å². The maximum atomic E-state index is 13.5. The van der Waals surface area contributed by atoms with Crippen LogP contribution >= 0.6 is 0 Å². The van der Waals surface area contributed by atoms with Crippen LogP contribution in [0.2, 0.25) is 0 Å². The zero-order valence-electron chi connectivity index (χ0n) is 18.7. The number of amides is 2. The Kier molecular flexibility index (Phi) is 4.94. The molecule has 0 spiro atoms. The number of aryl methyl sites for hydroxylation is 6. The molecule has 4 nitrogen and oxygen atoms in total. The van der Waals surface area contributed by atoms with Crippen LogP contribution in [-0.4, -0.2) is 11.8 Å². The lowest BCUT2D eigenvalue weighted by Crippen LogP contribution is -2.60. The first kappa shape index (κ1) is 20.8. The Labute approximate surface area is 173 Å². The van der Waals surface area contributed by atoms with Gasteiger partial charge in [-0.25, -0.2) is 0 Å². The Bertz CT molecular complexity index is 935. The molecule has 2 amide bonds. The fourth-order valence-corrected chi connectivity index (χ4v) is 4.50. The molecule has 0 aliphatic carbocycles. The van der Waals surface area contributed by atoms with Gasteiger partial charge in [-0.3, -0.25) is 19.4 Å².